The molecular formula is C16H15NO5. The number of aldehydes is 1. The Bertz CT molecular complexity index is 684. The van der Waals surface area contributed by atoms with Crippen molar-refractivity contribution in [2.24, 2.45) is 0 Å². The van der Waals surface area contributed by atoms with Crippen LogP contribution in [-0.2, 0) is 6.61 Å². The number of hydrogen-bond donors (Lipinski definition) is 0. The fourth-order valence-electron chi connectivity index (χ4n) is 1.95. The van der Waals surface area contributed by atoms with Crippen LogP contribution in [0.2, 0.25) is 0 Å². The van der Waals surface area contributed by atoms with E-state index in [0.717, 1.165) is 0 Å². The van der Waals surface area contributed by atoms with Crippen molar-refractivity contribution in [3.05, 3.63) is 63.7 Å². The third-order valence-electron chi connectivity index (χ3n) is 2.98. The van der Waals surface area contributed by atoms with E-state index in [9.17, 15) is 14.9 Å². The molecule has 0 atom stereocenters. The predicted octanol–water partition coefficient (Wildman–Crippen LogP) is 3.39. The lowest BCUT2D eigenvalue weighted by Gasteiger charge is -2.12. The highest BCUT2D eigenvalue weighted by Gasteiger charge is 2.14. The van der Waals surface area contributed by atoms with Crippen molar-refractivity contribution in [3.8, 4) is 11.5 Å². The summed E-state index contributed by atoms with van der Waals surface area (Å²) in [6.07, 6.45) is 0.717. The second kappa shape index (κ2) is 7.21. The lowest BCUT2D eigenvalue weighted by Crippen LogP contribution is -2.02. The van der Waals surface area contributed by atoms with Crippen molar-refractivity contribution in [1.29, 1.82) is 0 Å². The molecule has 22 heavy (non-hydrogen) atoms. The first-order chi connectivity index (χ1) is 10.7. The van der Waals surface area contributed by atoms with Crippen LogP contribution in [-0.4, -0.2) is 17.8 Å². The molecule has 0 spiro atoms. The van der Waals surface area contributed by atoms with Crippen molar-refractivity contribution in [3.63, 3.8) is 0 Å². The number of carbonyl (C=O) groups excluding carboxylic acids is 1. The molecule has 0 saturated carbocycles. The van der Waals surface area contributed by atoms with Crippen molar-refractivity contribution in [1.82, 2.24) is 0 Å². The van der Waals surface area contributed by atoms with Crippen molar-refractivity contribution >= 4 is 12.0 Å². The molecule has 6 nitrogen and oxygen atoms in total. The quantitative estimate of drug-likeness (QED) is 0.445. The monoisotopic (exact) mass is 301 g/mol. The van der Waals surface area contributed by atoms with E-state index in [4.69, 9.17) is 9.47 Å². The van der Waals surface area contributed by atoms with Gasteiger partial charge in [-0.15, -0.1) is 0 Å². The summed E-state index contributed by atoms with van der Waals surface area (Å²) >= 11 is 0. The number of nitro groups is 1. The number of carbonyl (C=O) groups is 1. The molecule has 2 aromatic carbocycles. The van der Waals surface area contributed by atoms with Crippen LogP contribution in [0.4, 0.5) is 5.69 Å². The van der Waals surface area contributed by atoms with Crippen LogP contribution in [0.5, 0.6) is 11.5 Å². The molecule has 6 heteroatoms. The highest BCUT2D eigenvalue weighted by atomic mass is 16.6. The van der Waals surface area contributed by atoms with E-state index in [-0.39, 0.29) is 12.3 Å². The Balaban J connectivity index is 2.21. The fraction of sp³-hybridized carbons (Fsp3) is 0.188. The van der Waals surface area contributed by atoms with Crippen LogP contribution < -0.4 is 9.47 Å². The van der Waals surface area contributed by atoms with Crippen LogP contribution in [0.3, 0.4) is 0 Å². The SMILES string of the molecule is CCOc1cc(C=O)ccc1OCc1ccccc1[N+](=O)[O-]. The Hall–Kier alpha value is -2.89. The lowest BCUT2D eigenvalue weighted by atomic mass is 10.2. The average molecular weight is 301 g/mol. The molecule has 0 N–H and O–H groups in total. The number of ether oxygens (including phenoxy) is 2. The van der Waals surface area contributed by atoms with Gasteiger partial charge < -0.3 is 9.47 Å². The van der Waals surface area contributed by atoms with Crippen LogP contribution in [0.25, 0.3) is 0 Å². The molecule has 0 aliphatic carbocycles. The minimum absolute atomic E-state index is 0.00460. The highest BCUT2D eigenvalue weighted by molar-refractivity contribution is 5.76. The topological polar surface area (TPSA) is 78.7 Å². The number of rotatable bonds is 7. The summed E-state index contributed by atoms with van der Waals surface area (Å²) in [7, 11) is 0. The third kappa shape index (κ3) is 3.60. The summed E-state index contributed by atoms with van der Waals surface area (Å²) in [4.78, 5) is 21.3. The fourth-order valence-corrected chi connectivity index (χ4v) is 1.95. The molecule has 114 valence electrons. The van der Waals surface area contributed by atoms with Gasteiger partial charge in [0.1, 0.15) is 12.9 Å². The van der Waals surface area contributed by atoms with Gasteiger partial charge in [-0.1, -0.05) is 12.1 Å². The van der Waals surface area contributed by atoms with E-state index in [0.29, 0.717) is 35.5 Å². The summed E-state index contributed by atoms with van der Waals surface area (Å²) in [6.45, 7) is 2.28. The maximum atomic E-state index is 11.0. The standard InChI is InChI=1S/C16H15NO5/c1-2-21-16-9-12(10-18)7-8-15(16)22-11-13-5-3-4-6-14(13)17(19)20/h3-10H,2,11H2,1H3. The zero-order chi connectivity index (χ0) is 15.9. The molecular weight excluding hydrogens is 286 g/mol. The lowest BCUT2D eigenvalue weighted by molar-refractivity contribution is -0.385. The minimum atomic E-state index is -0.447. The van der Waals surface area contributed by atoms with Gasteiger partial charge in [-0.25, -0.2) is 0 Å². The first-order valence-electron chi connectivity index (χ1n) is 6.72. The van der Waals surface area contributed by atoms with Gasteiger partial charge >= 0.3 is 0 Å². The largest absolute Gasteiger partial charge is 0.490 e. The first kappa shape index (κ1) is 15.5. The van der Waals surface area contributed by atoms with E-state index in [1.165, 1.54) is 6.07 Å². The average Bonchev–Trinajstić information content (AvgIpc) is 2.54. The predicted molar refractivity (Wildman–Crippen MR) is 80.4 cm³/mol. The van der Waals surface area contributed by atoms with Crippen LogP contribution in [0.1, 0.15) is 22.8 Å². The molecule has 0 aliphatic rings. The number of benzene rings is 2. The summed E-state index contributed by atoms with van der Waals surface area (Å²) in [6, 6.07) is 11.2. The number of hydrogen-bond acceptors (Lipinski definition) is 5. The molecule has 2 rings (SSSR count). The number of nitro benzene ring substituents is 1. The van der Waals surface area contributed by atoms with Gasteiger partial charge in [-0.05, 0) is 31.2 Å². The molecule has 0 unspecified atom stereocenters. The van der Waals surface area contributed by atoms with Gasteiger partial charge in [0.15, 0.2) is 11.5 Å². The number of nitrogens with zero attached hydrogens (tertiary/aromatic N) is 1. The zero-order valence-electron chi connectivity index (χ0n) is 12.0. The van der Waals surface area contributed by atoms with Gasteiger partial charge in [0, 0.05) is 11.6 Å². The van der Waals surface area contributed by atoms with Crippen molar-refractivity contribution in [2.45, 2.75) is 13.5 Å². The van der Waals surface area contributed by atoms with Crippen LogP contribution in [0.15, 0.2) is 42.5 Å². The molecule has 0 aliphatic heterocycles. The van der Waals surface area contributed by atoms with Gasteiger partial charge in [0.2, 0.25) is 0 Å². The van der Waals surface area contributed by atoms with Gasteiger partial charge in [0.05, 0.1) is 17.1 Å². The Morgan fingerprint density at radius 3 is 2.59 bits per heavy atom. The Kier molecular flexibility index (Phi) is 5.08. The zero-order valence-corrected chi connectivity index (χ0v) is 12.0. The second-order valence-electron chi connectivity index (χ2n) is 4.43. The van der Waals surface area contributed by atoms with Crippen LogP contribution >= 0.6 is 0 Å². The van der Waals surface area contributed by atoms with E-state index in [1.807, 2.05) is 6.92 Å². The Morgan fingerprint density at radius 1 is 1.14 bits per heavy atom. The van der Waals surface area contributed by atoms with E-state index >= 15 is 0 Å². The Morgan fingerprint density at radius 2 is 1.91 bits per heavy atom. The van der Waals surface area contributed by atoms with Gasteiger partial charge in [-0.3, -0.25) is 14.9 Å². The van der Waals surface area contributed by atoms with Gasteiger partial charge in [0.25, 0.3) is 5.69 Å². The maximum Gasteiger partial charge on any atom is 0.276 e. The summed E-state index contributed by atoms with van der Waals surface area (Å²) in [5.41, 5.74) is 0.945. The molecule has 2 aromatic rings. The number of para-hydroxylation sites is 1. The third-order valence-corrected chi connectivity index (χ3v) is 2.98. The molecule has 0 amide bonds. The Labute approximate surface area is 127 Å². The second-order valence-corrected chi connectivity index (χ2v) is 4.43. The minimum Gasteiger partial charge on any atom is -0.490 e. The first-order valence-corrected chi connectivity index (χ1v) is 6.72. The maximum absolute atomic E-state index is 11.0. The normalized spacial score (nSPS) is 10.0. The van der Waals surface area contributed by atoms with E-state index in [2.05, 4.69) is 0 Å². The molecule has 0 bridgehead atoms. The van der Waals surface area contributed by atoms with E-state index in [1.54, 1.807) is 36.4 Å². The highest BCUT2D eigenvalue weighted by Crippen LogP contribution is 2.29. The summed E-state index contributed by atoms with van der Waals surface area (Å²) in [5.74, 6) is 0.872. The van der Waals surface area contributed by atoms with Crippen LogP contribution in [0, 0.1) is 10.1 Å². The molecule has 0 fully saturated rings. The molecule has 0 saturated heterocycles. The molecule has 0 heterocycles. The van der Waals surface area contributed by atoms with Crippen molar-refractivity contribution < 1.29 is 19.2 Å². The van der Waals surface area contributed by atoms with Crippen molar-refractivity contribution in [2.75, 3.05) is 6.61 Å². The van der Waals surface area contributed by atoms with E-state index < -0.39 is 4.92 Å². The summed E-state index contributed by atoms with van der Waals surface area (Å²) in [5, 5.41) is 11.0. The smallest absolute Gasteiger partial charge is 0.276 e. The summed E-state index contributed by atoms with van der Waals surface area (Å²) < 4.78 is 11.0. The molecule has 0 aromatic heterocycles. The van der Waals surface area contributed by atoms with Gasteiger partial charge in [-0.2, -0.15) is 0 Å². The molecule has 0 radical (unpaired) electrons.